The summed E-state index contributed by atoms with van der Waals surface area (Å²) in [6, 6.07) is -1.25. The Hall–Kier alpha value is -1.48. The van der Waals surface area contributed by atoms with E-state index in [1.807, 2.05) is 0 Å². The van der Waals surface area contributed by atoms with Crippen LogP contribution < -0.4 is 5.32 Å². The highest BCUT2D eigenvalue weighted by Crippen LogP contribution is 2.14. The number of amides is 1. The molecule has 3 atom stereocenters. The molecule has 8 heteroatoms. The van der Waals surface area contributed by atoms with Crippen LogP contribution in [0.2, 0.25) is 0 Å². The fraction of sp³-hybridized carbons (Fsp3) is 0.794. The molecule has 0 saturated carbocycles. The van der Waals surface area contributed by atoms with Crippen LogP contribution in [0.1, 0.15) is 149 Å². The van der Waals surface area contributed by atoms with Crippen LogP contribution in [-0.2, 0) is 14.9 Å². The lowest BCUT2D eigenvalue weighted by Gasteiger charge is -2.22. The Morgan fingerprint density at radius 2 is 1.10 bits per heavy atom. The van der Waals surface area contributed by atoms with E-state index in [0.717, 1.165) is 44.9 Å². The molecule has 7 nitrogen and oxygen atoms in total. The van der Waals surface area contributed by atoms with E-state index in [1.54, 1.807) is 6.08 Å². The van der Waals surface area contributed by atoms with Gasteiger partial charge in [0.15, 0.2) is 0 Å². The van der Waals surface area contributed by atoms with Gasteiger partial charge in [-0.15, -0.1) is 0 Å². The predicted molar refractivity (Wildman–Crippen MR) is 176 cm³/mol. The molecule has 0 aliphatic rings. The molecule has 0 aromatic rings. The molecule has 0 rings (SSSR count). The number of carbonyl (C=O) groups excluding carboxylic acids is 1. The van der Waals surface area contributed by atoms with E-state index in [4.69, 9.17) is 0 Å². The summed E-state index contributed by atoms with van der Waals surface area (Å²) in [4.78, 5) is 12.5. The van der Waals surface area contributed by atoms with Crippen molar-refractivity contribution in [2.75, 3.05) is 5.75 Å². The maximum Gasteiger partial charge on any atom is 0.267 e. The van der Waals surface area contributed by atoms with Crippen LogP contribution in [0.5, 0.6) is 0 Å². The third-order valence-electron chi connectivity index (χ3n) is 7.42. The van der Waals surface area contributed by atoms with E-state index in [1.165, 1.54) is 76.7 Å². The summed E-state index contributed by atoms with van der Waals surface area (Å²) in [7, 11) is -4.44. The number of aliphatic hydroxyl groups excluding tert-OH is 2. The highest BCUT2D eigenvalue weighted by atomic mass is 32.2. The average molecular weight is 614 g/mol. The molecule has 0 aliphatic heterocycles. The summed E-state index contributed by atoms with van der Waals surface area (Å²) in [5.74, 6) is -1.57. The SMILES string of the molecule is CC/C=C/CC/C=C/CC/C=C/C(O)C(CS(=O)(=O)O)NC(=O)C(O)CCCCCCCCCCCCCCCCC. The molecule has 0 spiro atoms. The highest BCUT2D eigenvalue weighted by Gasteiger charge is 2.27. The number of nitrogens with one attached hydrogen (secondary N) is 1. The predicted octanol–water partition coefficient (Wildman–Crippen LogP) is 7.98. The molecule has 0 aliphatic carbocycles. The first kappa shape index (κ1) is 40.5. The van der Waals surface area contributed by atoms with Crippen molar-refractivity contribution < 1.29 is 28.0 Å². The quantitative estimate of drug-likeness (QED) is 0.0385. The number of allylic oxidation sites excluding steroid dienone is 5. The van der Waals surface area contributed by atoms with Crippen molar-refractivity contribution in [1.29, 1.82) is 0 Å². The minimum Gasteiger partial charge on any atom is -0.387 e. The Morgan fingerprint density at radius 1 is 0.667 bits per heavy atom. The molecule has 0 saturated heterocycles. The van der Waals surface area contributed by atoms with Gasteiger partial charge in [0.1, 0.15) is 6.10 Å². The first-order valence-corrected chi connectivity index (χ1v) is 18.4. The van der Waals surface area contributed by atoms with Crippen LogP contribution in [0.3, 0.4) is 0 Å². The van der Waals surface area contributed by atoms with E-state index in [2.05, 4.69) is 43.5 Å². The molecule has 0 bridgehead atoms. The lowest BCUT2D eigenvalue weighted by molar-refractivity contribution is -0.130. The summed E-state index contributed by atoms with van der Waals surface area (Å²) < 4.78 is 32.2. The van der Waals surface area contributed by atoms with E-state index < -0.39 is 40.0 Å². The van der Waals surface area contributed by atoms with Gasteiger partial charge < -0.3 is 15.5 Å². The lowest BCUT2D eigenvalue weighted by Crippen LogP contribution is -2.50. The number of unbranched alkanes of at least 4 members (excludes halogenated alkanes) is 16. The van der Waals surface area contributed by atoms with Crippen molar-refractivity contribution in [1.82, 2.24) is 5.32 Å². The third-order valence-corrected chi connectivity index (χ3v) is 8.20. The van der Waals surface area contributed by atoms with Crippen LogP contribution >= 0.6 is 0 Å². The Labute approximate surface area is 258 Å². The Morgan fingerprint density at radius 3 is 1.55 bits per heavy atom. The number of carbonyl (C=O) groups is 1. The second-order valence-electron chi connectivity index (χ2n) is 11.5. The Balaban J connectivity index is 4.17. The van der Waals surface area contributed by atoms with Crippen molar-refractivity contribution >= 4 is 16.0 Å². The molecule has 0 fully saturated rings. The maximum atomic E-state index is 12.5. The molecule has 0 aromatic heterocycles. The van der Waals surface area contributed by atoms with Crippen molar-refractivity contribution in [3.05, 3.63) is 36.5 Å². The zero-order valence-corrected chi connectivity index (χ0v) is 27.5. The molecule has 4 N–H and O–H groups in total. The summed E-state index contributed by atoms with van der Waals surface area (Å²) in [6.45, 7) is 4.35. The number of aliphatic hydroxyl groups is 2. The van der Waals surface area contributed by atoms with Crippen molar-refractivity contribution in [2.45, 2.75) is 167 Å². The Kier molecular flexibility index (Phi) is 27.3. The molecule has 42 heavy (non-hydrogen) atoms. The number of rotatable bonds is 29. The molecule has 0 heterocycles. The van der Waals surface area contributed by atoms with Gasteiger partial charge in [0.25, 0.3) is 10.1 Å². The first-order valence-electron chi connectivity index (χ1n) is 16.8. The van der Waals surface area contributed by atoms with E-state index in [9.17, 15) is 28.0 Å². The molecule has 246 valence electrons. The van der Waals surface area contributed by atoms with Gasteiger partial charge >= 0.3 is 0 Å². The summed E-state index contributed by atoms with van der Waals surface area (Å²) in [5.41, 5.74) is 0. The summed E-state index contributed by atoms with van der Waals surface area (Å²) in [6.07, 6.45) is 32.1. The van der Waals surface area contributed by atoms with Gasteiger partial charge in [-0.2, -0.15) is 8.42 Å². The van der Waals surface area contributed by atoms with Gasteiger partial charge in [-0.3, -0.25) is 9.35 Å². The van der Waals surface area contributed by atoms with Crippen molar-refractivity contribution in [3.8, 4) is 0 Å². The zero-order chi connectivity index (χ0) is 31.3. The largest absolute Gasteiger partial charge is 0.387 e. The van der Waals surface area contributed by atoms with Crippen LogP contribution in [0.25, 0.3) is 0 Å². The first-order chi connectivity index (χ1) is 20.2. The van der Waals surface area contributed by atoms with Crippen LogP contribution in [0, 0.1) is 0 Å². The maximum absolute atomic E-state index is 12.5. The summed E-state index contributed by atoms with van der Waals surface area (Å²) >= 11 is 0. The highest BCUT2D eigenvalue weighted by molar-refractivity contribution is 7.85. The summed E-state index contributed by atoms with van der Waals surface area (Å²) in [5, 5.41) is 23.1. The van der Waals surface area contributed by atoms with Gasteiger partial charge in [0.2, 0.25) is 5.91 Å². The van der Waals surface area contributed by atoms with E-state index in [-0.39, 0.29) is 6.42 Å². The molecular weight excluding hydrogens is 550 g/mol. The minimum absolute atomic E-state index is 0.273. The lowest BCUT2D eigenvalue weighted by atomic mass is 10.0. The molecule has 3 unspecified atom stereocenters. The number of hydrogen-bond donors (Lipinski definition) is 4. The second kappa shape index (κ2) is 28.3. The fourth-order valence-electron chi connectivity index (χ4n) is 4.85. The van der Waals surface area contributed by atoms with Crippen molar-refractivity contribution in [3.63, 3.8) is 0 Å². The molecule has 0 radical (unpaired) electrons. The van der Waals surface area contributed by atoms with Crippen LogP contribution in [0.15, 0.2) is 36.5 Å². The van der Waals surface area contributed by atoms with Gasteiger partial charge in [-0.1, -0.05) is 147 Å². The van der Waals surface area contributed by atoms with Gasteiger partial charge in [-0.05, 0) is 38.5 Å². The third kappa shape index (κ3) is 27.4. The van der Waals surface area contributed by atoms with Gasteiger partial charge in [-0.25, -0.2) is 0 Å². The van der Waals surface area contributed by atoms with Crippen LogP contribution in [0.4, 0.5) is 0 Å². The smallest absolute Gasteiger partial charge is 0.267 e. The minimum atomic E-state index is -4.44. The van der Waals surface area contributed by atoms with Gasteiger partial charge in [0, 0.05) is 0 Å². The molecule has 1 amide bonds. The standard InChI is InChI=1S/C34H63NO6S/c1-3-5-7-9-11-13-15-16-17-18-19-21-23-25-27-29-33(37)34(38)35-31(30-42(39,40)41)32(36)28-26-24-22-20-14-12-10-8-6-4-2/h6,8,14,20,26,28,31-33,36-37H,3-5,7,9-13,15-19,21-25,27,29-30H2,1-2H3,(H,35,38)(H,39,40,41)/b8-6+,20-14+,28-26+. The monoisotopic (exact) mass is 613 g/mol. The average Bonchev–Trinajstić information content (AvgIpc) is 2.94. The molecular formula is C34H63NO6S. The van der Waals surface area contributed by atoms with Crippen LogP contribution in [-0.4, -0.2) is 53.1 Å². The molecule has 0 aromatic carbocycles. The van der Waals surface area contributed by atoms with Gasteiger partial charge in [0.05, 0.1) is 17.9 Å². The Bertz CT molecular complexity index is 824. The van der Waals surface area contributed by atoms with Crippen molar-refractivity contribution in [2.24, 2.45) is 0 Å². The van der Waals surface area contributed by atoms with E-state index in [0.29, 0.717) is 12.8 Å². The topological polar surface area (TPSA) is 124 Å². The fourth-order valence-corrected chi connectivity index (χ4v) is 5.58. The van der Waals surface area contributed by atoms with E-state index >= 15 is 0 Å². The second-order valence-corrected chi connectivity index (χ2v) is 13.0. The number of hydrogen-bond acceptors (Lipinski definition) is 5. The zero-order valence-electron chi connectivity index (χ0n) is 26.7. The normalized spacial score (nSPS) is 14.7.